The number of nitrogens with one attached hydrogen (secondary N) is 1. The minimum atomic E-state index is -3.98. The second kappa shape index (κ2) is 12.5. The number of carbonyl (C=O) groups is 2. The molecule has 216 valence electrons. The molecule has 1 saturated heterocycles. The Labute approximate surface area is 245 Å². The maximum absolute atomic E-state index is 13.9. The maximum Gasteiger partial charge on any atom is 0.262 e. The zero-order valence-electron chi connectivity index (χ0n) is 22.7. The molecule has 1 fully saturated rings. The third-order valence-electron chi connectivity index (χ3n) is 7.36. The number of halogens is 1. The molecule has 5 rings (SSSR count). The van der Waals surface area contributed by atoms with E-state index in [4.69, 9.17) is 21.1 Å². The topological polar surface area (TPSA) is 105 Å². The molecule has 2 heterocycles. The summed E-state index contributed by atoms with van der Waals surface area (Å²) in [7, 11) is -2.58. The van der Waals surface area contributed by atoms with Crippen LogP contribution in [0.2, 0.25) is 5.02 Å². The quantitative estimate of drug-likeness (QED) is 0.422. The molecule has 0 radical (unpaired) electrons. The summed E-state index contributed by atoms with van der Waals surface area (Å²) in [5.41, 5.74) is 1.66. The van der Waals surface area contributed by atoms with Crippen molar-refractivity contribution in [1.29, 1.82) is 0 Å². The number of anilines is 1. The number of nitrogens with zero attached hydrogens (tertiary/aromatic N) is 2. The highest BCUT2D eigenvalue weighted by molar-refractivity contribution is 7.89. The van der Waals surface area contributed by atoms with Gasteiger partial charge in [0.1, 0.15) is 16.4 Å². The van der Waals surface area contributed by atoms with Crippen LogP contribution in [0, 0.1) is 5.92 Å². The number of methoxy groups -OCH3 is 1. The summed E-state index contributed by atoms with van der Waals surface area (Å²) in [6, 6.07) is 21.3. The van der Waals surface area contributed by atoms with E-state index in [1.807, 2.05) is 30.3 Å². The second-order valence-electron chi connectivity index (χ2n) is 10.0. The first-order chi connectivity index (χ1) is 19.8. The lowest BCUT2D eigenvalue weighted by molar-refractivity contribution is -0.129. The van der Waals surface area contributed by atoms with E-state index in [9.17, 15) is 18.0 Å². The van der Waals surface area contributed by atoms with Crippen molar-refractivity contribution in [3.63, 3.8) is 0 Å². The number of piperidine rings is 1. The summed E-state index contributed by atoms with van der Waals surface area (Å²) in [5.74, 6) is -0.545. The van der Waals surface area contributed by atoms with Crippen LogP contribution in [-0.2, 0) is 26.0 Å². The first-order valence-corrected chi connectivity index (χ1v) is 15.3. The van der Waals surface area contributed by atoms with Gasteiger partial charge in [0.2, 0.25) is 15.9 Å². The van der Waals surface area contributed by atoms with Crippen molar-refractivity contribution in [3.05, 3.63) is 83.4 Å². The number of hydrogen-bond donors (Lipinski definition) is 1. The fourth-order valence-corrected chi connectivity index (χ4v) is 7.18. The van der Waals surface area contributed by atoms with Crippen molar-refractivity contribution >= 4 is 39.1 Å². The molecule has 3 aromatic rings. The molecule has 0 saturated carbocycles. The van der Waals surface area contributed by atoms with E-state index in [-0.39, 0.29) is 47.1 Å². The van der Waals surface area contributed by atoms with Crippen molar-refractivity contribution in [2.24, 2.45) is 5.92 Å². The van der Waals surface area contributed by atoms with Crippen molar-refractivity contribution in [1.82, 2.24) is 9.62 Å². The molecule has 0 aromatic heterocycles. The van der Waals surface area contributed by atoms with Crippen molar-refractivity contribution in [3.8, 4) is 11.5 Å². The summed E-state index contributed by atoms with van der Waals surface area (Å²) in [5, 5.41) is 3.19. The first-order valence-electron chi connectivity index (χ1n) is 13.5. The Morgan fingerprint density at radius 1 is 1.05 bits per heavy atom. The predicted molar refractivity (Wildman–Crippen MR) is 156 cm³/mol. The van der Waals surface area contributed by atoms with Gasteiger partial charge in [-0.15, -0.1) is 0 Å². The van der Waals surface area contributed by atoms with Gasteiger partial charge in [-0.05, 0) is 55.2 Å². The fraction of sp³-hybridized carbons (Fsp3) is 0.333. The third-order valence-corrected chi connectivity index (χ3v) is 9.49. The first kappa shape index (κ1) is 28.9. The van der Waals surface area contributed by atoms with E-state index >= 15 is 0 Å². The second-order valence-corrected chi connectivity index (χ2v) is 12.4. The molecule has 1 N–H and O–H groups in total. The van der Waals surface area contributed by atoms with E-state index < -0.39 is 22.0 Å². The monoisotopic (exact) mass is 597 g/mol. The van der Waals surface area contributed by atoms with Crippen LogP contribution in [0.25, 0.3) is 0 Å². The van der Waals surface area contributed by atoms with Crippen LogP contribution in [0.4, 0.5) is 5.69 Å². The van der Waals surface area contributed by atoms with Gasteiger partial charge < -0.3 is 19.7 Å². The Kier molecular flexibility index (Phi) is 8.82. The molecule has 0 unspecified atom stereocenters. The van der Waals surface area contributed by atoms with Gasteiger partial charge in [-0.3, -0.25) is 9.59 Å². The Bertz CT molecular complexity index is 1520. The molecule has 2 aliphatic heterocycles. The molecule has 0 spiro atoms. The van der Waals surface area contributed by atoms with Crippen molar-refractivity contribution in [2.75, 3.05) is 38.2 Å². The van der Waals surface area contributed by atoms with Gasteiger partial charge in [-0.25, -0.2) is 8.42 Å². The molecule has 2 amide bonds. The Hall–Kier alpha value is -3.60. The lowest BCUT2D eigenvalue weighted by atomic mass is 9.97. The van der Waals surface area contributed by atoms with E-state index in [0.29, 0.717) is 37.2 Å². The number of sulfonamides is 1. The highest BCUT2D eigenvalue weighted by Gasteiger charge is 2.40. The van der Waals surface area contributed by atoms with Gasteiger partial charge in [-0.2, -0.15) is 4.31 Å². The Morgan fingerprint density at radius 2 is 1.80 bits per heavy atom. The number of ether oxygens (including phenoxy) is 2. The summed E-state index contributed by atoms with van der Waals surface area (Å²) >= 11 is 6.11. The summed E-state index contributed by atoms with van der Waals surface area (Å²) in [6.07, 6.45) is 0.796. The number of amides is 2. The molecular formula is C30H32ClN3O6S. The number of para-hydroxylation sites is 2. The van der Waals surface area contributed by atoms with Crippen LogP contribution >= 0.6 is 11.6 Å². The summed E-state index contributed by atoms with van der Waals surface area (Å²) in [6.45, 7) is 0.733. The van der Waals surface area contributed by atoms with Gasteiger partial charge in [0, 0.05) is 24.7 Å². The fourth-order valence-electron chi connectivity index (χ4n) is 5.24. The highest BCUT2D eigenvalue weighted by Crippen LogP contribution is 2.36. The number of fused-ring (bicyclic) bond motifs is 1. The minimum Gasteiger partial charge on any atom is -0.495 e. The SMILES string of the molecule is COc1ccc(Cl)cc1S(=O)(=O)N1CCC[C@H](C(=O)N2C[C@H](C(=O)NCCc3ccccc3)Oc3ccccc32)C1. The minimum absolute atomic E-state index is 0.00426. The Morgan fingerprint density at radius 3 is 2.59 bits per heavy atom. The number of hydrogen-bond acceptors (Lipinski definition) is 6. The van der Waals surface area contributed by atoms with Crippen molar-refractivity contribution in [2.45, 2.75) is 30.3 Å². The van der Waals surface area contributed by atoms with Crippen LogP contribution in [0.1, 0.15) is 18.4 Å². The number of rotatable bonds is 8. The average molecular weight is 598 g/mol. The van der Waals surface area contributed by atoms with E-state index in [0.717, 1.165) is 5.56 Å². The Balaban J connectivity index is 1.31. The lowest BCUT2D eigenvalue weighted by Gasteiger charge is -2.38. The van der Waals surface area contributed by atoms with Crippen LogP contribution in [0.15, 0.2) is 77.7 Å². The van der Waals surface area contributed by atoms with Gasteiger partial charge in [-0.1, -0.05) is 54.1 Å². The molecule has 0 bridgehead atoms. The molecular weight excluding hydrogens is 566 g/mol. The lowest BCUT2D eigenvalue weighted by Crippen LogP contribution is -2.54. The summed E-state index contributed by atoms with van der Waals surface area (Å²) in [4.78, 5) is 28.5. The number of carbonyl (C=O) groups excluding carboxylic acids is 2. The molecule has 2 aliphatic rings. The van der Waals surface area contributed by atoms with Crippen LogP contribution < -0.4 is 19.7 Å². The molecule has 0 aliphatic carbocycles. The smallest absolute Gasteiger partial charge is 0.262 e. The zero-order chi connectivity index (χ0) is 29.0. The largest absolute Gasteiger partial charge is 0.495 e. The normalized spacial score (nSPS) is 19.1. The average Bonchev–Trinajstić information content (AvgIpc) is 3.00. The summed E-state index contributed by atoms with van der Waals surface area (Å²) < 4.78 is 39.8. The van der Waals surface area contributed by atoms with Gasteiger partial charge in [0.25, 0.3) is 5.91 Å². The van der Waals surface area contributed by atoms with Gasteiger partial charge in [0.05, 0.1) is 25.3 Å². The molecule has 2 atom stereocenters. The van der Waals surface area contributed by atoms with E-state index in [1.54, 1.807) is 35.2 Å². The van der Waals surface area contributed by atoms with Crippen LogP contribution in [-0.4, -0.2) is 63.9 Å². The number of benzene rings is 3. The van der Waals surface area contributed by atoms with Gasteiger partial charge in [0.15, 0.2) is 6.10 Å². The molecule has 9 nitrogen and oxygen atoms in total. The highest BCUT2D eigenvalue weighted by atomic mass is 35.5. The predicted octanol–water partition coefficient (Wildman–Crippen LogP) is 3.90. The van der Waals surface area contributed by atoms with Crippen LogP contribution in [0.5, 0.6) is 11.5 Å². The van der Waals surface area contributed by atoms with E-state index in [2.05, 4.69) is 5.32 Å². The molecule has 11 heteroatoms. The molecule has 3 aromatic carbocycles. The van der Waals surface area contributed by atoms with E-state index in [1.165, 1.54) is 23.5 Å². The van der Waals surface area contributed by atoms with Gasteiger partial charge >= 0.3 is 0 Å². The van der Waals surface area contributed by atoms with Crippen LogP contribution in [0.3, 0.4) is 0 Å². The third kappa shape index (κ3) is 6.34. The zero-order valence-corrected chi connectivity index (χ0v) is 24.2. The molecule has 41 heavy (non-hydrogen) atoms. The standard InChI is InChI=1S/C30H32ClN3O6S/c1-39-26-14-13-23(31)18-28(26)41(37,38)33-17-7-10-22(19-33)30(36)34-20-27(40-25-12-6-5-11-24(25)34)29(35)32-16-15-21-8-3-2-4-9-21/h2-6,8-9,11-14,18,22,27H,7,10,15-17,19-20H2,1H3,(H,32,35)/t22-,27+/m0/s1. The van der Waals surface area contributed by atoms with Crippen molar-refractivity contribution < 1.29 is 27.5 Å². The maximum atomic E-state index is 13.9.